The predicted molar refractivity (Wildman–Crippen MR) is 115 cm³/mol. The van der Waals surface area contributed by atoms with Crippen molar-refractivity contribution in [3.05, 3.63) is 97.3 Å². The second-order valence-electron chi connectivity index (χ2n) is 6.20. The molecule has 0 heterocycles. The van der Waals surface area contributed by atoms with Gasteiger partial charge in [-0.2, -0.15) is 41.0 Å². The molecule has 138 valence electrons. The first-order chi connectivity index (χ1) is 11.6. The minimum atomic E-state index is 0. The van der Waals surface area contributed by atoms with E-state index in [0.717, 1.165) is 6.42 Å². The van der Waals surface area contributed by atoms with Crippen molar-refractivity contribution in [2.75, 3.05) is 0 Å². The summed E-state index contributed by atoms with van der Waals surface area (Å²) in [4.78, 5) is 0. The number of rotatable bonds is 0. The Bertz CT molecular complexity index is 743. The first kappa shape index (κ1) is 24.9. The Balaban J connectivity index is 0.000000431. The van der Waals surface area contributed by atoms with Crippen LogP contribution in [0.4, 0.5) is 0 Å². The molecule has 2 heteroatoms. The van der Waals surface area contributed by atoms with Gasteiger partial charge < -0.3 is 14.9 Å². The molecule has 0 radical (unpaired) electrons. The average molecular weight is 394 g/mol. The molecule has 0 spiro atoms. The van der Waals surface area contributed by atoms with Crippen molar-refractivity contribution >= 4 is 7.63 Å². The van der Waals surface area contributed by atoms with E-state index in [9.17, 15) is 0 Å². The summed E-state index contributed by atoms with van der Waals surface area (Å²) in [5.74, 6) is 0.560. The van der Waals surface area contributed by atoms with Crippen LogP contribution in [-0.4, -0.2) is 7.63 Å². The van der Waals surface area contributed by atoms with E-state index in [1.807, 2.05) is 32.9 Å². The number of hydrogen-bond acceptors (Lipinski definition) is 0. The SMILES string of the molecule is CC1=[C-]C(C)C(C)=C1C.[CH3-].[CH3-].[SiH2]=[Ti].[c-]1cccc2c1Cc1ccccc1-2. The van der Waals surface area contributed by atoms with Crippen LogP contribution in [0, 0.1) is 32.9 Å². The van der Waals surface area contributed by atoms with Crippen LogP contribution in [0.2, 0.25) is 0 Å². The summed E-state index contributed by atoms with van der Waals surface area (Å²) in [6.07, 6.45) is 4.41. The Kier molecular flexibility index (Phi) is 11.0. The average Bonchev–Trinajstić information content (AvgIpc) is 3.10. The molecular weight excluding hydrogens is 364 g/mol. The molecule has 2 aliphatic rings. The maximum Gasteiger partial charge on any atom is -0.0253 e. The minimum Gasteiger partial charge on any atom is -0.179 e. The Hall–Kier alpha value is -1.15. The fourth-order valence-corrected chi connectivity index (χ4v) is 3.16. The Morgan fingerprint density at radius 1 is 0.962 bits per heavy atom. The Morgan fingerprint density at radius 3 is 2.12 bits per heavy atom. The van der Waals surface area contributed by atoms with E-state index in [-0.39, 0.29) is 14.9 Å². The summed E-state index contributed by atoms with van der Waals surface area (Å²) < 4.78 is 0. The zero-order chi connectivity index (χ0) is 17.7. The maximum atomic E-state index is 3.36. The van der Waals surface area contributed by atoms with Gasteiger partial charge in [-0.05, 0) is 6.42 Å². The molecule has 1 atom stereocenters. The van der Waals surface area contributed by atoms with Crippen LogP contribution in [-0.2, 0) is 25.6 Å². The third-order valence-electron chi connectivity index (χ3n) is 4.85. The molecule has 0 N–H and O–H groups in total. The third-order valence-corrected chi connectivity index (χ3v) is 4.85. The molecule has 0 aromatic heterocycles. The van der Waals surface area contributed by atoms with E-state index >= 15 is 0 Å². The molecule has 26 heavy (non-hydrogen) atoms. The Morgan fingerprint density at radius 2 is 1.58 bits per heavy atom. The second kappa shape index (κ2) is 11.5. The van der Waals surface area contributed by atoms with Crippen LogP contribution in [0.25, 0.3) is 11.1 Å². The van der Waals surface area contributed by atoms with Crippen molar-refractivity contribution in [2.45, 2.75) is 34.1 Å². The van der Waals surface area contributed by atoms with E-state index in [0.29, 0.717) is 5.92 Å². The topological polar surface area (TPSA) is 0 Å². The van der Waals surface area contributed by atoms with E-state index in [1.165, 1.54) is 39.0 Å². The maximum absolute atomic E-state index is 3.36. The number of fused-ring (bicyclic) bond motifs is 3. The molecule has 2 aliphatic carbocycles. The molecule has 0 bridgehead atoms. The predicted octanol–water partition coefficient (Wildman–Crippen LogP) is 5.76. The van der Waals surface area contributed by atoms with E-state index in [2.05, 4.69) is 76.2 Å². The first-order valence-electron chi connectivity index (χ1n) is 8.29. The molecule has 4 rings (SSSR count). The summed E-state index contributed by atoms with van der Waals surface area (Å²) in [7, 11) is 1.86. The van der Waals surface area contributed by atoms with Crippen molar-refractivity contribution in [3.63, 3.8) is 0 Å². The fourth-order valence-electron chi connectivity index (χ4n) is 3.16. The van der Waals surface area contributed by atoms with Gasteiger partial charge in [0, 0.05) is 0 Å². The van der Waals surface area contributed by atoms with Gasteiger partial charge in [-0.15, -0.1) is 12.5 Å². The first-order valence-corrected chi connectivity index (χ1v) is 12.3. The molecule has 0 fully saturated rings. The van der Waals surface area contributed by atoms with Crippen molar-refractivity contribution in [1.82, 2.24) is 0 Å². The molecular formula is C24H30SiTi-4. The quantitative estimate of drug-likeness (QED) is 0.336. The molecule has 2 aromatic rings. The van der Waals surface area contributed by atoms with Crippen molar-refractivity contribution < 1.29 is 19.2 Å². The molecule has 0 nitrogen and oxygen atoms in total. The monoisotopic (exact) mass is 394 g/mol. The van der Waals surface area contributed by atoms with Gasteiger partial charge in [-0.1, -0.05) is 62.1 Å². The van der Waals surface area contributed by atoms with Crippen LogP contribution >= 0.6 is 0 Å². The summed E-state index contributed by atoms with van der Waals surface area (Å²) >= 11 is 2.03. The van der Waals surface area contributed by atoms with Crippen molar-refractivity contribution in [1.29, 1.82) is 0 Å². The van der Waals surface area contributed by atoms with Gasteiger partial charge >= 0.3 is 26.8 Å². The summed E-state index contributed by atoms with van der Waals surface area (Å²) in [6.45, 7) is 8.67. The van der Waals surface area contributed by atoms with Crippen LogP contribution in [0.15, 0.2) is 59.2 Å². The molecule has 0 aliphatic heterocycles. The van der Waals surface area contributed by atoms with Crippen LogP contribution < -0.4 is 0 Å². The second-order valence-corrected chi connectivity index (χ2v) is 6.20. The third kappa shape index (κ3) is 5.42. The van der Waals surface area contributed by atoms with Gasteiger partial charge in [0.25, 0.3) is 0 Å². The number of allylic oxidation sites excluding steroid dienone is 4. The van der Waals surface area contributed by atoms with Gasteiger partial charge in [0.05, 0.1) is 0 Å². The van der Waals surface area contributed by atoms with Gasteiger partial charge in [0.2, 0.25) is 0 Å². The summed E-state index contributed by atoms with van der Waals surface area (Å²) in [5.41, 5.74) is 9.76. The number of hydrogen-bond donors (Lipinski definition) is 0. The molecule has 0 saturated heterocycles. The van der Waals surface area contributed by atoms with Crippen LogP contribution in [0.1, 0.15) is 38.8 Å². The summed E-state index contributed by atoms with van der Waals surface area (Å²) in [6, 6.07) is 18.1. The van der Waals surface area contributed by atoms with Crippen molar-refractivity contribution in [3.8, 4) is 11.1 Å². The van der Waals surface area contributed by atoms with Gasteiger partial charge in [0.1, 0.15) is 0 Å². The number of benzene rings is 2. The van der Waals surface area contributed by atoms with Gasteiger partial charge in [-0.25, -0.2) is 5.57 Å². The molecule has 0 saturated carbocycles. The minimum absolute atomic E-state index is 0. The Labute approximate surface area is 174 Å². The van der Waals surface area contributed by atoms with Crippen LogP contribution in [0.5, 0.6) is 0 Å². The zero-order valence-corrected chi connectivity index (χ0v) is 20.0. The zero-order valence-electron chi connectivity index (χ0n) is 17.0. The standard InChI is InChI=1S/C13H9.C9H13.2CH3.H2Si.Ti/c1-3-7-12-10(5-1)9-11-6-2-4-8-13(11)12;1-6-5-7(2)9(4)8(6)3;;;;/h1-5,7-8H,9H2;6H,1-4H3;2*1H3;1H2;/q4*-1;;. The molecule has 1 unspecified atom stereocenters. The van der Waals surface area contributed by atoms with Crippen molar-refractivity contribution in [2.24, 2.45) is 5.92 Å². The largest absolute Gasteiger partial charge is 0.179 e. The fraction of sp³-hybridized carbons (Fsp3) is 0.250. The van der Waals surface area contributed by atoms with E-state index in [1.54, 1.807) is 0 Å². The van der Waals surface area contributed by atoms with E-state index < -0.39 is 0 Å². The smallest absolute Gasteiger partial charge is 0.0253 e. The van der Waals surface area contributed by atoms with Crippen LogP contribution in [0.3, 0.4) is 0 Å². The van der Waals surface area contributed by atoms with Gasteiger partial charge in [-0.3, -0.25) is 6.08 Å². The van der Waals surface area contributed by atoms with E-state index in [4.69, 9.17) is 0 Å². The normalized spacial score (nSPS) is 15.7. The molecule has 2 aromatic carbocycles. The molecule has 0 amide bonds. The summed E-state index contributed by atoms with van der Waals surface area (Å²) in [5, 5.41) is 0. The van der Waals surface area contributed by atoms with Gasteiger partial charge in [0.15, 0.2) is 0 Å².